The Bertz CT molecular complexity index is 519. The van der Waals surface area contributed by atoms with Gasteiger partial charge in [0.15, 0.2) is 5.69 Å². The Morgan fingerprint density at radius 1 is 1.43 bits per heavy atom. The van der Waals surface area contributed by atoms with Crippen molar-refractivity contribution in [2.75, 3.05) is 6.61 Å². The van der Waals surface area contributed by atoms with Gasteiger partial charge in [-0.2, -0.15) is 0 Å². The lowest BCUT2D eigenvalue weighted by Crippen LogP contribution is -2.21. The molecule has 0 saturated heterocycles. The molecule has 10 heteroatoms. The van der Waals surface area contributed by atoms with Crippen LogP contribution in [-0.2, 0) is 11.3 Å². The standard InChI is InChI=1S/C11H11F5N2O3/c1-2-20-10(19)6-3-7(21-11(14,15)16)5(4-17)8(18-6)9(12)13/h3,9H,2,4,17H2,1H3. The Kier molecular flexibility index (Phi) is 5.41. The van der Waals surface area contributed by atoms with Crippen molar-refractivity contribution in [3.63, 3.8) is 0 Å². The topological polar surface area (TPSA) is 74.4 Å². The molecule has 1 heterocycles. The number of carbonyl (C=O) groups excluding carboxylic acids is 1. The molecule has 0 saturated carbocycles. The average molecular weight is 314 g/mol. The van der Waals surface area contributed by atoms with Crippen LogP contribution in [0.25, 0.3) is 0 Å². The summed E-state index contributed by atoms with van der Waals surface area (Å²) in [6.07, 6.45) is -8.36. The predicted molar refractivity (Wildman–Crippen MR) is 59.7 cm³/mol. The van der Waals surface area contributed by atoms with Crippen LogP contribution in [0.1, 0.15) is 35.1 Å². The van der Waals surface area contributed by atoms with Gasteiger partial charge in [-0.1, -0.05) is 0 Å². The summed E-state index contributed by atoms with van der Waals surface area (Å²) in [5.74, 6) is -2.15. The first-order chi connectivity index (χ1) is 9.69. The molecular weight excluding hydrogens is 303 g/mol. The van der Waals surface area contributed by atoms with Gasteiger partial charge in [-0.25, -0.2) is 18.6 Å². The minimum absolute atomic E-state index is 0.0986. The smallest absolute Gasteiger partial charge is 0.461 e. The zero-order valence-electron chi connectivity index (χ0n) is 10.7. The van der Waals surface area contributed by atoms with E-state index in [1.165, 1.54) is 6.92 Å². The molecule has 21 heavy (non-hydrogen) atoms. The van der Waals surface area contributed by atoms with E-state index in [-0.39, 0.29) is 6.61 Å². The Labute approximate surface area is 115 Å². The summed E-state index contributed by atoms with van der Waals surface area (Å²) in [7, 11) is 0. The summed E-state index contributed by atoms with van der Waals surface area (Å²) in [4.78, 5) is 14.7. The lowest BCUT2D eigenvalue weighted by molar-refractivity contribution is -0.275. The third-order valence-electron chi connectivity index (χ3n) is 2.24. The minimum Gasteiger partial charge on any atom is -0.461 e. The molecule has 0 aliphatic rings. The van der Waals surface area contributed by atoms with Crippen LogP contribution >= 0.6 is 0 Å². The van der Waals surface area contributed by atoms with Crippen molar-refractivity contribution in [1.82, 2.24) is 4.98 Å². The number of pyridine rings is 1. The van der Waals surface area contributed by atoms with Crippen LogP contribution in [0.15, 0.2) is 6.07 Å². The number of rotatable bonds is 5. The third kappa shape index (κ3) is 4.52. The lowest BCUT2D eigenvalue weighted by Gasteiger charge is -2.16. The molecule has 0 aliphatic carbocycles. The number of hydrogen-bond acceptors (Lipinski definition) is 5. The molecule has 0 aliphatic heterocycles. The maximum Gasteiger partial charge on any atom is 0.573 e. The maximum atomic E-state index is 12.8. The number of aromatic nitrogens is 1. The largest absolute Gasteiger partial charge is 0.573 e. The monoisotopic (exact) mass is 314 g/mol. The third-order valence-corrected chi connectivity index (χ3v) is 2.24. The van der Waals surface area contributed by atoms with E-state index < -0.39 is 48.0 Å². The van der Waals surface area contributed by atoms with E-state index in [4.69, 9.17) is 5.73 Å². The number of nitrogens with two attached hydrogens (primary N) is 1. The van der Waals surface area contributed by atoms with Gasteiger partial charge in [0.1, 0.15) is 11.4 Å². The molecular formula is C11H11F5N2O3. The Morgan fingerprint density at radius 2 is 2.05 bits per heavy atom. The van der Waals surface area contributed by atoms with Crippen LogP contribution in [0, 0.1) is 0 Å². The Morgan fingerprint density at radius 3 is 2.48 bits per heavy atom. The van der Waals surface area contributed by atoms with E-state index in [1.54, 1.807) is 0 Å². The molecule has 1 rings (SSSR count). The number of alkyl halides is 5. The first-order valence-corrected chi connectivity index (χ1v) is 5.64. The number of nitrogens with zero attached hydrogens (tertiary/aromatic N) is 1. The second-order valence-corrected chi connectivity index (χ2v) is 3.64. The van der Waals surface area contributed by atoms with Crippen LogP contribution in [0.5, 0.6) is 5.75 Å². The van der Waals surface area contributed by atoms with Crippen molar-refractivity contribution in [1.29, 1.82) is 0 Å². The van der Waals surface area contributed by atoms with Crippen molar-refractivity contribution in [2.24, 2.45) is 5.73 Å². The van der Waals surface area contributed by atoms with E-state index in [9.17, 15) is 26.7 Å². The highest BCUT2D eigenvalue weighted by Crippen LogP contribution is 2.32. The van der Waals surface area contributed by atoms with Crippen LogP contribution in [0.3, 0.4) is 0 Å². The number of esters is 1. The maximum absolute atomic E-state index is 12.8. The molecule has 0 amide bonds. The van der Waals surface area contributed by atoms with Crippen LogP contribution in [-0.4, -0.2) is 23.9 Å². The summed E-state index contributed by atoms with van der Waals surface area (Å²) in [6.45, 7) is 0.674. The van der Waals surface area contributed by atoms with Gasteiger partial charge in [0.05, 0.1) is 6.61 Å². The zero-order valence-corrected chi connectivity index (χ0v) is 10.7. The summed E-state index contributed by atoms with van der Waals surface area (Å²) in [5.41, 5.74) is 2.75. The molecule has 5 nitrogen and oxygen atoms in total. The number of halogens is 5. The van der Waals surface area contributed by atoms with Crippen LogP contribution < -0.4 is 10.5 Å². The lowest BCUT2D eigenvalue weighted by atomic mass is 10.1. The van der Waals surface area contributed by atoms with Gasteiger partial charge in [-0.05, 0) is 6.92 Å². The fraction of sp³-hybridized carbons (Fsp3) is 0.455. The van der Waals surface area contributed by atoms with Crippen molar-refractivity contribution in [3.05, 3.63) is 23.0 Å². The first-order valence-electron chi connectivity index (χ1n) is 5.64. The van der Waals surface area contributed by atoms with Crippen LogP contribution in [0.2, 0.25) is 0 Å². The molecule has 0 aromatic carbocycles. The fourth-order valence-corrected chi connectivity index (χ4v) is 1.48. The normalized spacial score (nSPS) is 11.6. The Hall–Kier alpha value is -1.97. The minimum atomic E-state index is -5.13. The predicted octanol–water partition coefficient (Wildman–Crippen LogP) is 2.55. The number of carbonyl (C=O) groups is 1. The highest BCUT2D eigenvalue weighted by Gasteiger charge is 2.34. The molecule has 0 atom stereocenters. The van der Waals surface area contributed by atoms with Crippen molar-refractivity contribution in [3.8, 4) is 5.75 Å². The quantitative estimate of drug-likeness (QED) is 0.668. The van der Waals surface area contributed by atoms with Gasteiger partial charge in [-0.15, -0.1) is 13.2 Å². The van der Waals surface area contributed by atoms with Crippen LogP contribution in [0.4, 0.5) is 22.0 Å². The summed E-state index contributed by atoms with van der Waals surface area (Å²) < 4.78 is 70.7. The molecule has 0 fully saturated rings. The fourth-order valence-electron chi connectivity index (χ4n) is 1.48. The molecule has 0 unspecified atom stereocenters. The molecule has 1 aromatic rings. The van der Waals surface area contributed by atoms with Crippen molar-refractivity contribution < 1.29 is 36.2 Å². The van der Waals surface area contributed by atoms with Gasteiger partial charge in [-0.3, -0.25) is 0 Å². The summed E-state index contributed by atoms with van der Waals surface area (Å²) >= 11 is 0. The van der Waals surface area contributed by atoms with E-state index in [2.05, 4.69) is 14.5 Å². The summed E-state index contributed by atoms with van der Waals surface area (Å²) in [6, 6.07) is 0.569. The van der Waals surface area contributed by atoms with Crippen molar-refractivity contribution >= 4 is 5.97 Å². The molecule has 118 valence electrons. The first kappa shape index (κ1) is 17.1. The Balaban J connectivity index is 3.40. The molecule has 1 aromatic heterocycles. The number of ether oxygens (including phenoxy) is 2. The van der Waals surface area contributed by atoms with Gasteiger partial charge < -0.3 is 15.2 Å². The van der Waals surface area contributed by atoms with Crippen molar-refractivity contribution in [2.45, 2.75) is 26.3 Å². The second kappa shape index (κ2) is 6.66. The van der Waals surface area contributed by atoms with Gasteiger partial charge in [0.25, 0.3) is 6.43 Å². The highest BCUT2D eigenvalue weighted by molar-refractivity contribution is 5.88. The summed E-state index contributed by atoms with van der Waals surface area (Å²) in [5, 5.41) is 0. The zero-order chi connectivity index (χ0) is 16.2. The van der Waals surface area contributed by atoms with Gasteiger partial charge >= 0.3 is 12.3 Å². The molecule has 0 bridgehead atoms. The number of hydrogen-bond donors (Lipinski definition) is 1. The molecule has 0 radical (unpaired) electrons. The van der Waals surface area contributed by atoms with E-state index in [0.29, 0.717) is 6.07 Å². The highest BCUT2D eigenvalue weighted by atomic mass is 19.4. The second-order valence-electron chi connectivity index (χ2n) is 3.64. The SMILES string of the molecule is CCOC(=O)c1cc(OC(F)(F)F)c(CN)c(C(F)F)n1. The van der Waals surface area contributed by atoms with Gasteiger partial charge in [0.2, 0.25) is 0 Å². The molecule has 2 N–H and O–H groups in total. The van der Waals surface area contributed by atoms with E-state index in [1.807, 2.05) is 0 Å². The van der Waals surface area contributed by atoms with E-state index >= 15 is 0 Å². The molecule has 0 spiro atoms. The van der Waals surface area contributed by atoms with Gasteiger partial charge in [0, 0.05) is 18.2 Å². The van der Waals surface area contributed by atoms with E-state index in [0.717, 1.165) is 0 Å². The average Bonchev–Trinajstić information content (AvgIpc) is 2.36.